The summed E-state index contributed by atoms with van der Waals surface area (Å²) >= 11 is 0. The van der Waals surface area contributed by atoms with Crippen LogP contribution in [0.15, 0.2) is 0 Å². The van der Waals surface area contributed by atoms with Gasteiger partial charge in [0.15, 0.2) is 0 Å². The fraction of sp³-hybridized carbons (Fsp3) is 0.588. The van der Waals surface area contributed by atoms with Crippen LogP contribution in [-0.2, 0) is 33.6 Å². The second kappa shape index (κ2) is 15.9. The minimum Gasteiger partial charge on any atom is -0.481 e. The summed E-state index contributed by atoms with van der Waals surface area (Å²) in [6.45, 7) is -3.82. The van der Waals surface area contributed by atoms with Crippen LogP contribution in [0.1, 0.15) is 12.8 Å². The van der Waals surface area contributed by atoms with Crippen molar-refractivity contribution in [2.45, 2.75) is 31.0 Å². The summed E-state index contributed by atoms with van der Waals surface area (Å²) < 4.78 is 0. The molecule has 0 aliphatic heterocycles. The molecule has 34 heavy (non-hydrogen) atoms. The van der Waals surface area contributed by atoms with Crippen LogP contribution in [0, 0.1) is 0 Å². The summed E-state index contributed by atoms with van der Waals surface area (Å²) in [6.07, 6.45) is -0.516. The van der Waals surface area contributed by atoms with E-state index in [4.69, 9.17) is 21.1 Å². The highest BCUT2D eigenvalue weighted by molar-refractivity contribution is 5.94. The molecule has 0 fully saturated rings. The molecule has 0 saturated heterocycles. The Morgan fingerprint density at radius 1 is 0.647 bits per heavy atom. The van der Waals surface area contributed by atoms with Crippen molar-refractivity contribution in [1.29, 1.82) is 0 Å². The zero-order valence-corrected chi connectivity index (χ0v) is 17.9. The molecule has 0 saturated carbocycles. The molecule has 192 valence electrons. The number of aliphatic carboxylic acids is 2. The molecule has 0 aromatic heterocycles. The highest BCUT2D eigenvalue weighted by Gasteiger charge is 2.24. The third kappa shape index (κ3) is 12.9. The van der Waals surface area contributed by atoms with Gasteiger partial charge in [0, 0.05) is 6.42 Å². The number of carbonyl (C=O) groups is 7. The fourth-order valence-electron chi connectivity index (χ4n) is 2.16. The van der Waals surface area contributed by atoms with Crippen molar-refractivity contribution in [3.05, 3.63) is 0 Å². The monoisotopic (exact) mass is 492 g/mol. The van der Waals surface area contributed by atoms with Gasteiger partial charge in [-0.1, -0.05) is 0 Å². The molecular formula is C17H28N6O11. The lowest BCUT2D eigenvalue weighted by Crippen LogP contribution is -2.55. The van der Waals surface area contributed by atoms with E-state index in [9.17, 15) is 38.7 Å². The van der Waals surface area contributed by atoms with Gasteiger partial charge in [-0.25, -0.2) is 0 Å². The van der Waals surface area contributed by atoms with E-state index in [1.807, 2.05) is 10.6 Å². The molecule has 0 aromatic carbocycles. The number of carboxylic acid groups (broad SMARTS) is 2. The molecule has 0 bridgehead atoms. The zero-order chi connectivity index (χ0) is 26.3. The quantitative estimate of drug-likeness (QED) is 0.0962. The Morgan fingerprint density at radius 3 is 1.44 bits per heavy atom. The van der Waals surface area contributed by atoms with Gasteiger partial charge in [0.2, 0.25) is 29.5 Å². The van der Waals surface area contributed by atoms with E-state index in [-0.39, 0.29) is 12.8 Å². The number of hydrogen-bond acceptors (Lipinski definition) is 10. The molecule has 0 aliphatic rings. The zero-order valence-electron chi connectivity index (χ0n) is 17.9. The number of hydrogen-bond donors (Lipinski definition) is 10. The van der Waals surface area contributed by atoms with Crippen molar-refractivity contribution in [1.82, 2.24) is 26.6 Å². The van der Waals surface area contributed by atoms with E-state index >= 15 is 0 Å². The standard InChI is InChI=1S/C17H28N6O11/c18-8(1-2-13(28)29)15(32)19-3-11(26)22-9(6-24)16(33)20-4-12(27)23-10(7-25)17(34)21-5-14(30)31/h8-10,24-25H,1-7,18H2,(H,19,32)(H,20,33)(H,21,34)(H,22,26)(H,23,27)(H,28,29)(H,30,31)/t8-,9-,10-/m0/s1. The first-order valence-electron chi connectivity index (χ1n) is 9.73. The Hall–Kier alpha value is -3.83. The van der Waals surface area contributed by atoms with Gasteiger partial charge < -0.3 is 52.7 Å². The van der Waals surface area contributed by atoms with Crippen LogP contribution in [0.3, 0.4) is 0 Å². The number of nitrogens with two attached hydrogens (primary N) is 1. The van der Waals surface area contributed by atoms with Crippen molar-refractivity contribution in [2.75, 3.05) is 32.8 Å². The van der Waals surface area contributed by atoms with Crippen molar-refractivity contribution in [3.63, 3.8) is 0 Å². The molecule has 0 radical (unpaired) electrons. The average molecular weight is 492 g/mol. The summed E-state index contributed by atoms with van der Waals surface area (Å²) in [6, 6.07) is -4.17. The molecule has 11 N–H and O–H groups in total. The highest BCUT2D eigenvalue weighted by Crippen LogP contribution is 1.94. The number of carbonyl (C=O) groups excluding carboxylic acids is 5. The topological polar surface area (TPSA) is 287 Å². The van der Waals surface area contributed by atoms with Gasteiger partial charge in [-0.2, -0.15) is 0 Å². The van der Waals surface area contributed by atoms with Gasteiger partial charge >= 0.3 is 11.9 Å². The Bertz CT molecular complexity index is 775. The van der Waals surface area contributed by atoms with Gasteiger partial charge in [0.05, 0.1) is 32.3 Å². The third-order valence-electron chi connectivity index (χ3n) is 3.93. The van der Waals surface area contributed by atoms with Crippen LogP contribution in [-0.4, -0.2) is 113 Å². The molecule has 5 amide bonds. The number of nitrogens with one attached hydrogen (secondary N) is 5. The molecule has 0 spiro atoms. The maximum absolute atomic E-state index is 12.1. The normalized spacial score (nSPS) is 12.9. The molecule has 0 aromatic rings. The molecule has 0 heterocycles. The van der Waals surface area contributed by atoms with Crippen molar-refractivity contribution in [2.24, 2.45) is 5.73 Å². The number of amides is 5. The van der Waals surface area contributed by atoms with Crippen LogP contribution < -0.4 is 32.3 Å². The molecule has 0 aliphatic carbocycles. The van der Waals surface area contributed by atoms with Gasteiger partial charge in [0.1, 0.15) is 18.6 Å². The SMILES string of the molecule is N[C@@H](CCC(=O)O)C(=O)NCC(=O)N[C@@H](CO)C(=O)NCC(=O)N[C@@H](CO)C(=O)NCC(=O)O. The van der Waals surface area contributed by atoms with Crippen LogP contribution in [0.5, 0.6) is 0 Å². The number of aliphatic hydroxyl groups excluding tert-OH is 2. The summed E-state index contributed by atoms with van der Waals surface area (Å²) in [7, 11) is 0. The average Bonchev–Trinajstić information content (AvgIpc) is 2.79. The number of carboxylic acids is 2. The first-order chi connectivity index (χ1) is 15.9. The first-order valence-corrected chi connectivity index (χ1v) is 9.73. The molecule has 0 unspecified atom stereocenters. The Morgan fingerprint density at radius 2 is 1.06 bits per heavy atom. The van der Waals surface area contributed by atoms with E-state index in [1.165, 1.54) is 0 Å². The second-order valence-corrected chi connectivity index (χ2v) is 6.69. The predicted octanol–water partition coefficient (Wildman–Crippen LogP) is -6.43. The smallest absolute Gasteiger partial charge is 0.322 e. The largest absolute Gasteiger partial charge is 0.481 e. The van der Waals surface area contributed by atoms with E-state index in [1.54, 1.807) is 0 Å². The lowest BCUT2D eigenvalue weighted by molar-refractivity contribution is -0.139. The minimum atomic E-state index is -1.51. The maximum atomic E-state index is 12.1. The Balaban J connectivity index is 4.52. The van der Waals surface area contributed by atoms with E-state index < -0.39 is 92.4 Å². The van der Waals surface area contributed by atoms with Crippen molar-refractivity contribution in [3.8, 4) is 0 Å². The third-order valence-corrected chi connectivity index (χ3v) is 3.93. The van der Waals surface area contributed by atoms with Crippen molar-refractivity contribution < 1.29 is 54.0 Å². The second-order valence-electron chi connectivity index (χ2n) is 6.69. The lowest BCUT2D eigenvalue weighted by Gasteiger charge is -2.18. The maximum Gasteiger partial charge on any atom is 0.322 e. The first kappa shape index (κ1) is 30.2. The molecular weight excluding hydrogens is 464 g/mol. The molecule has 3 atom stereocenters. The van der Waals surface area contributed by atoms with Gasteiger partial charge in [0.25, 0.3) is 0 Å². The summed E-state index contributed by atoms with van der Waals surface area (Å²) in [4.78, 5) is 80.0. The van der Waals surface area contributed by atoms with E-state index in [2.05, 4.69) is 16.0 Å². The highest BCUT2D eigenvalue weighted by atomic mass is 16.4. The van der Waals surface area contributed by atoms with Crippen LogP contribution in [0.25, 0.3) is 0 Å². The van der Waals surface area contributed by atoms with Crippen LogP contribution in [0.4, 0.5) is 0 Å². The molecule has 17 heteroatoms. The van der Waals surface area contributed by atoms with E-state index in [0.29, 0.717) is 0 Å². The lowest BCUT2D eigenvalue weighted by atomic mass is 10.1. The Kier molecular flexibility index (Phi) is 14.1. The minimum absolute atomic E-state index is 0.162. The number of aliphatic hydroxyl groups is 2. The van der Waals surface area contributed by atoms with Crippen molar-refractivity contribution >= 4 is 41.5 Å². The van der Waals surface area contributed by atoms with Crippen LogP contribution >= 0.6 is 0 Å². The fourth-order valence-corrected chi connectivity index (χ4v) is 2.16. The van der Waals surface area contributed by atoms with Crippen LogP contribution in [0.2, 0.25) is 0 Å². The molecule has 17 nitrogen and oxygen atoms in total. The number of rotatable bonds is 16. The predicted molar refractivity (Wildman–Crippen MR) is 110 cm³/mol. The summed E-state index contributed by atoms with van der Waals surface area (Å²) in [5.41, 5.74) is 5.47. The molecule has 0 rings (SSSR count). The van der Waals surface area contributed by atoms with Gasteiger partial charge in [-0.3, -0.25) is 33.6 Å². The van der Waals surface area contributed by atoms with Gasteiger partial charge in [-0.15, -0.1) is 0 Å². The summed E-state index contributed by atoms with van der Waals surface area (Å²) in [5, 5.41) is 45.8. The van der Waals surface area contributed by atoms with Gasteiger partial charge in [-0.05, 0) is 6.42 Å². The van der Waals surface area contributed by atoms with E-state index in [0.717, 1.165) is 0 Å². The summed E-state index contributed by atoms with van der Waals surface area (Å²) in [5.74, 6) is -7.11. The Labute approximate surface area is 192 Å².